The second-order valence-corrected chi connectivity index (χ2v) is 9.75. The van der Waals surface area contributed by atoms with Crippen molar-refractivity contribution in [2.45, 2.75) is 11.4 Å². The van der Waals surface area contributed by atoms with Crippen molar-refractivity contribution in [3.63, 3.8) is 0 Å². The Morgan fingerprint density at radius 2 is 1.87 bits per heavy atom. The number of fused-ring (bicyclic) bond motifs is 2. The maximum Gasteiger partial charge on any atom is 0.325 e. The average Bonchev–Trinajstić information content (AvgIpc) is 3.08. The average molecular weight is 463 g/mol. The Morgan fingerprint density at radius 3 is 2.58 bits per heavy atom. The quantitative estimate of drug-likeness (QED) is 0.543. The molecule has 0 spiro atoms. The van der Waals surface area contributed by atoms with Crippen LogP contribution in [0.4, 0.5) is 0 Å². The van der Waals surface area contributed by atoms with E-state index in [1.807, 2.05) is 0 Å². The zero-order valence-corrected chi connectivity index (χ0v) is 18.3. The summed E-state index contributed by atoms with van der Waals surface area (Å²) in [4.78, 5) is 29.3. The molecule has 2 heterocycles. The summed E-state index contributed by atoms with van der Waals surface area (Å²) in [6, 6.07) is 9.31. The van der Waals surface area contributed by atoms with E-state index < -0.39 is 21.7 Å². The largest absolute Gasteiger partial charge is 0.486 e. The molecule has 9 nitrogen and oxygen atoms in total. The molecule has 0 saturated carbocycles. The lowest BCUT2D eigenvalue weighted by atomic mass is 10.2. The van der Waals surface area contributed by atoms with E-state index in [-0.39, 0.29) is 16.2 Å². The van der Waals surface area contributed by atoms with Gasteiger partial charge in [0, 0.05) is 11.8 Å². The summed E-state index contributed by atoms with van der Waals surface area (Å²) in [7, 11) is -2.16. The van der Waals surface area contributed by atoms with Crippen molar-refractivity contribution in [1.82, 2.24) is 4.57 Å². The van der Waals surface area contributed by atoms with Gasteiger partial charge in [-0.1, -0.05) is 11.3 Å². The number of ether oxygens (including phenoxy) is 3. The van der Waals surface area contributed by atoms with Gasteiger partial charge in [0.1, 0.15) is 19.8 Å². The third-order valence-electron chi connectivity index (χ3n) is 4.58. The number of methoxy groups -OCH3 is 1. The smallest absolute Gasteiger partial charge is 0.325 e. The van der Waals surface area contributed by atoms with Gasteiger partial charge in [0.05, 0.1) is 22.2 Å². The molecule has 0 saturated heterocycles. The normalized spacial score (nSPS) is 13.9. The van der Waals surface area contributed by atoms with E-state index >= 15 is 0 Å². The SMILES string of the molecule is COC(=O)Cn1c(=NC(=O)c2ccc3c(c2)OCCO3)sc2cc(S(C)(=O)=O)ccc21. The number of aromatic nitrogens is 1. The van der Waals surface area contributed by atoms with Crippen LogP contribution in [0.2, 0.25) is 0 Å². The van der Waals surface area contributed by atoms with Crippen molar-refractivity contribution in [2.24, 2.45) is 4.99 Å². The maximum absolute atomic E-state index is 12.8. The van der Waals surface area contributed by atoms with E-state index in [4.69, 9.17) is 14.2 Å². The minimum absolute atomic E-state index is 0.135. The van der Waals surface area contributed by atoms with Gasteiger partial charge < -0.3 is 18.8 Å². The minimum Gasteiger partial charge on any atom is -0.486 e. The van der Waals surface area contributed by atoms with Gasteiger partial charge in [-0.3, -0.25) is 9.59 Å². The molecule has 0 bridgehead atoms. The number of hydrogen-bond donors (Lipinski definition) is 0. The van der Waals surface area contributed by atoms with Gasteiger partial charge in [0.25, 0.3) is 5.91 Å². The van der Waals surface area contributed by atoms with Crippen molar-refractivity contribution in [2.75, 3.05) is 26.6 Å². The summed E-state index contributed by atoms with van der Waals surface area (Å²) < 4.78 is 41.6. The highest BCUT2D eigenvalue weighted by Crippen LogP contribution is 2.31. The number of thiazole rings is 1. The molecule has 0 fully saturated rings. The van der Waals surface area contributed by atoms with Gasteiger partial charge in [0.2, 0.25) is 0 Å². The topological polar surface area (TPSA) is 113 Å². The zero-order valence-electron chi connectivity index (χ0n) is 16.7. The first-order chi connectivity index (χ1) is 14.8. The molecule has 0 unspecified atom stereocenters. The lowest BCUT2D eigenvalue weighted by Crippen LogP contribution is -2.22. The van der Waals surface area contributed by atoms with E-state index in [1.54, 1.807) is 24.3 Å². The summed E-state index contributed by atoms with van der Waals surface area (Å²) in [5.74, 6) is -0.0480. The molecule has 0 atom stereocenters. The second-order valence-electron chi connectivity index (χ2n) is 6.72. The Balaban J connectivity index is 1.82. The molecular formula is C20H18N2O7S2. The van der Waals surface area contributed by atoms with Crippen LogP contribution in [0, 0.1) is 0 Å². The molecule has 3 aromatic rings. The molecule has 0 radical (unpaired) electrons. The third kappa shape index (κ3) is 4.32. The Kier molecular flexibility index (Phi) is 5.54. The molecule has 1 aliphatic rings. The molecular weight excluding hydrogens is 444 g/mol. The van der Waals surface area contributed by atoms with Gasteiger partial charge >= 0.3 is 5.97 Å². The first-order valence-corrected chi connectivity index (χ1v) is 11.9. The van der Waals surface area contributed by atoms with Crippen molar-refractivity contribution in [1.29, 1.82) is 0 Å². The van der Waals surface area contributed by atoms with Crippen molar-refractivity contribution in [3.8, 4) is 11.5 Å². The van der Waals surface area contributed by atoms with E-state index in [2.05, 4.69) is 4.99 Å². The number of carbonyl (C=O) groups is 2. The van der Waals surface area contributed by atoms with Crippen LogP contribution < -0.4 is 14.3 Å². The second kappa shape index (κ2) is 8.16. The summed E-state index contributed by atoms with van der Waals surface area (Å²) in [5.41, 5.74) is 0.861. The highest BCUT2D eigenvalue weighted by Gasteiger charge is 2.17. The number of benzene rings is 2. The number of sulfone groups is 1. The van der Waals surface area contributed by atoms with Gasteiger partial charge in [-0.2, -0.15) is 4.99 Å². The summed E-state index contributed by atoms with van der Waals surface area (Å²) >= 11 is 1.11. The first kappa shape index (κ1) is 21.1. The predicted octanol–water partition coefficient (Wildman–Crippen LogP) is 1.79. The van der Waals surface area contributed by atoms with Crippen LogP contribution in [0.25, 0.3) is 10.2 Å². The zero-order chi connectivity index (χ0) is 22.2. The monoisotopic (exact) mass is 462 g/mol. The van der Waals surface area contributed by atoms with E-state index in [0.29, 0.717) is 40.5 Å². The van der Waals surface area contributed by atoms with Crippen LogP contribution >= 0.6 is 11.3 Å². The Morgan fingerprint density at radius 1 is 1.13 bits per heavy atom. The molecule has 1 amide bonds. The Labute approximate surface area is 181 Å². The molecule has 31 heavy (non-hydrogen) atoms. The maximum atomic E-state index is 12.8. The molecule has 162 valence electrons. The molecule has 1 aliphatic heterocycles. The molecule has 4 rings (SSSR count). The number of hydrogen-bond acceptors (Lipinski definition) is 8. The number of nitrogens with zero attached hydrogens (tertiary/aromatic N) is 2. The van der Waals surface area contributed by atoms with Crippen LogP contribution in [0.3, 0.4) is 0 Å². The number of carbonyl (C=O) groups excluding carboxylic acids is 2. The van der Waals surface area contributed by atoms with Crippen LogP contribution in [-0.2, 0) is 25.9 Å². The van der Waals surface area contributed by atoms with Crippen molar-refractivity contribution >= 4 is 43.3 Å². The fraction of sp³-hybridized carbons (Fsp3) is 0.250. The van der Waals surface area contributed by atoms with Gasteiger partial charge in [0.15, 0.2) is 26.1 Å². The van der Waals surface area contributed by atoms with Crippen molar-refractivity contribution in [3.05, 3.63) is 46.8 Å². The fourth-order valence-corrected chi connectivity index (χ4v) is 4.83. The van der Waals surface area contributed by atoms with E-state index in [1.165, 1.54) is 23.8 Å². The van der Waals surface area contributed by atoms with Gasteiger partial charge in [-0.25, -0.2) is 8.42 Å². The first-order valence-electron chi connectivity index (χ1n) is 9.15. The van der Waals surface area contributed by atoms with E-state index in [0.717, 1.165) is 17.6 Å². The molecule has 11 heteroatoms. The molecule has 0 N–H and O–H groups in total. The van der Waals surface area contributed by atoms with Crippen LogP contribution in [0.5, 0.6) is 11.5 Å². The lowest BCUT2D eigenvalue weighted by molar-refractivity contribution is -0.141. The molecule has 0 aliphatic carbocycles. The summed E-state index contributed by atoms with van der Waals surface area (Å²) in [6.07, 6.45) is 1.11. The summed E-state index contributed by atoms with van der Waals surface area (Å²) in [5, 5.41) is 0. The van der Waals surface area contributed by atoms with Gasteiger partial charge in [-0.15, -0.1) is 0 Å². The number of amides is 1. The summed E-state index contributed by atoms with van der Waals surface area (Å²) in [6.45, 7) is 0.650. The molecule has 2 aromatic carbocycles. The highest BCUT2D eigenvalue weighted by atomic mass is 32.2. The molecule has 1 aromatic heterocycles. The lowest BCUT2D eigenvalue weighted by Gasteiger charge is -2.18. The van der Waals surface area contributed by atoms with E-state index in [9.17, 15) is 18.0 Å². The fourth-order valence-electron chi connectivity index (χ4n) is 3.04. The standard InChI is InChI=1S/C20H18N2O7S2/c1-27-18(23)11-22-14-5-4-13(31(2,25)26)10-17(14)30-20(22)21-19(24)12-3-6-15-16(9-12)29-8-7-28-15/h3-6,9-10H,7-8,11H2,1-2H3. The number of esters is 1. The third-order valence-corrected chi connectivity index (χ3v) is 6.73. The highest BCUT2D eigenvalue weighted by molar-refractivity contribution is 7.90. The van der Waals surface area contributed by atoms with Crippen LogP contribution in [0.1, 0.15) is 10.4 Å². The minimum atomic E-state index is -3.42. The van der Waals surface area contributed by atoms with Crippen LogP contribution in [0.15, 0.2) is 46.3 Å². The van der Waals surface area contributed by atoms with Crippen LogP contribution in [-0.4, -0.2) is 51.4 Å². The Hall–Kier alpha value is -3.18. The van der Waals surface area contributed by atoms with Gasteiger partial charge in [-0.05, 0) is 36.4 Å². The predicted molar refractivity (Wildman–Crippen MR) is 112 cm³/mol. The number of rotatable bonds is 4. The Bertz CT molecular complexity index is 1370. The van der Waals surface area contributed by atoms with Crippen molar-refractivity contribution < 1.29 is 32.2 Å².